The molecule has 6 heteroatoms. The molecular formula is C14H20ClN3O2. The van der Waals surface area contributed by atoms with Crippen molar-refractivity contribution in [1.82, 2.24) is 9.80 Å². The van der Waals surface area contributed by atoms with Gasteiger partial charge >= 0.3 is 0 Å². The van der Waals surface area contributed by atoms with Gasteiger partial charge in [0.2, 0.25) is 0 Å². The molecule has 0 amide bonds. The maximum Gasteiger partial charge on any atom is 0.288 e. The van der Waals surface area contributed by atoms with Gasteiger partial charge in [-0.05, 0) is 25.5 Å². The summed E-state index contributed by atoms with van der Waals surface area (Å²) in [5, 5.41) is 11.1. The molecule has 1 aliphatic rings. The number of nitro benzene ring substituents is 1. The Morgan fingerprint density at radius 2 is 1.95 bits per heavy atom. The molecule has 1 saturated heterocycles. The summed E-state index contributed by atoms with van der Waals surface area (Å²) < 4.78 is 0. The van der Waals surface area contributed by atoms with Gasteiger partial charge in [-0.25, -0.2) is 0 Å². The molecule has 1 aromatic rings. The van der Waals surface area contributed by atoms with Crippen LogP contribution in [0.2, 0.25) is 5.02 Å². The summed E-state index contributed by atoms with van der Waals surface area (Å²) in [4.78, 5) is 15.2. The van der Waals surface area contributed by atoms with Gasteiger partial charge in [0.15, 0.2) is 0 Å². The van der Waals surface area contributed by atoms with Crippen LogP contribution in [-0.2, 0) is 6.54 Å². The Morgan fingerprint density at radius 3 is 2.50 bits per heavy atom. The second-order valence-electron chi connectivity index (χ2n) is 5.45. The van der Waals surface area contributed by atoms with E-state index in [0.717, 1.165) is 38.3 Å². The number of piperazine rings is 1. The molecule has 0 saturated carbocycles. The smallest absolute Gasteiger partial charge is 0.288 e. The van der Waals surface area contributed by atoms with Crippen molar-refractivity contribution in [2.75, 3.05) is 26.2 Å². The van der Waals surface area contributed by atoms with Crippen molar-refractivity contribution >= 4 is 17.3 Å². The van der Waals surface area contributed by atoms with Crippen LogP contribution in [0.25, 0.3) is 0 Å². The fourth-order valence-corrected chi connectivity index (χ4v) is 2.68. The van der Waals surface area contributed by atoms with Gasteiger partial charge in [0.1, 0.15) is 5.02 Å². The molecule has 0 spiro atoms. The molecule has 110 valence electrons. The summed E-state index contributed by atoms with van der Waals surface area (Å²) in [6.07, 6.45) is 0. The number of nitrogens with zero attached hydrogens (tertiary/aromatic N) is 3. The van der Waals surface area contributed by atoms with E-state index >= 15 is 0 Å². The van der Waals surface area contributed by atoms with Crippen LogP contribution >= 0.6 is 11.6 Å². The van der Waals surface area contributed by atoms with E-state index in [1.54, 1.807) is 12.1 Å². The Balaban J connectivity index is 1.98. The van der Waals surface area contributed by atoms with Crippen LogP contribution in [0.15, 0.2) is 18.2 Å². The lowest BCUT2D eigenvalue weighted by Crippen LogP contribution is -2.48. The van der Waals surface area contributed by atoms with Crippen LogP contribution in [-0.4, -0.2) is 46.9 Å². The maximum atomic E-state index is 10.9. The highest BCUT2D eigenvalue weighted by Gasteiger charge is 2.20. The minimum absolute atomic E-state index is 0.00927. The van der Waals surface area contributed by atoms with E-state index in [1.165, 1.54) is 0 Å². The molecule has 0 aromatic heterocycles. The van der Waals surface area contributed by atoms with Gasteiger partial charge in [-0.1, -0.05) is 17.7 Å². The average Bonchev–Trinajstić information content (AvgIpc) is 2.41. The Bertz CT molecular complexity index is 485. The highest BCUT2D eigenvalue weighted by Crippen LogP contribution is 2.25. The Labute approximate surface area is 124 Å². The van der Waals surface area contributed by atoms with Crippen molar-refractivity contribution in [1.29, 1.82) is 0 Å². The molecule has 0 unspecified atom stereocenters. The number of benzene rings is 1. The van der Waals surface area contributed by atoms with E-state index in [2.05, 4.69) is 23.6 Å². The zero-order valence-electron chi connectivity index (χ0n) is 11.9. The normalized spacial score (nSPS) is 17.6. The Kier molecular flexibility index (Phi) is 4.96. The van der Waals surface area contributed by atoms with E-state index in [4.69, 9.17) is 11.6 Å². The molecule has 1 fully saturated rings. The first-order valence-electron chi connectivity index (χ1n) is 6.86. The van der Waals surface area contributed by atoms with Crippen LogP contribution in [0.4, 0.5) is 5.69 Å². The van der Waals surface area contributed by atoms with Crippen molar-refractivity contribution in [3.8, 4) is 0 Å². The van der Waals surface area contributed by atoms with Gasteiger partial charge in [-0.3, -0.25) is 19.9 Å². The fourth-order valence-electron chi connectivity index (χ4n) is 2.49. The number of nitro groups is 1. The first-order chi connectivity index (χ1) is 9.47. The second-order valence-corrected chi connectivity index (χ2v) is 5.86. The zero-order valence-corrected chi connectivity index (χ0v) is 12.6. The Hall–Kier alpha value is -1.17. The zero-order chi connectivity index (χ0) is 14.7. The van der Waals surface area contributed by atoms with Gasteiger partial charge < -0.3 is 0 Å². The summed E-state index contributed by atoms with van der Waals surface area (Å²) in [5.41, 5.74) is 0.934. The van der Waals surface area contributed by atoms with Crippen molar-refractivity contribution in [3.63, 3.8) is 0 Å². The molecule has 20 heavy (non-hydrogen) atoms. The lowest BCUT2D eigenvalue weighted by Gasteiger charge is -2.36. The predicted molar refractivity (Wildman–Crippen MR) is 80.1 cm³/mol. The third kappa shape index (κ3) is 3.69. The molecular weight excluding hydrogens is 278 g/mol. The molecule has 5 nitrogen and oxygen atoms in total. The van der Waals surface area contributed by atoms with Crippen molar-refractivity contribution in [2.45, 2.75) is 26.4 Å². The quantitative estimate of drug-likeness (QED) is 0.633. The standard InChI is InChI=1S/C14H20ClN3O2/c1-11(2)17-7-5-16(6-8-17)10-12-3-4-13(15)14(9-12)18(19)20/h3-4,9,11H,5-8,10H2,1-2H3. The van der Waals surface area contributed by atoms with Crippen molar-refractivity contribution < 1.29 is 4.92 Å². The van der Waals surface area contributed by atoms with E-state index < -0.39 is 4.92 Å². The highest BCUT2D eigenvalue weighted by molar-refractivity contribution is 6.32. The van der Waals surface area contributed by atoms with Crippen LogP contribution < -0.4 is 0 Å². The molecule has 1 aromatic carbocycles. The van der Waals surface area contributed by atoms with E-state index in [9.17, 15) is 10.1 Å². The number of hydrogen-bond donors (Lipinski definition) is 0. The minimum Gasteiger partial charge on any atom is -0.298 e. The van der Waals surface area contributed by atoms with Crippen molar-refractivity contribution in [2.24, 2.45) is 0 Å². The van der Waals surface area contributed by atoms with Gasteiger partial charge in [0.05, 0.1) is 4.92 Å². The molecule has 0 atom stereocenters. The number of rotatable bonds is 4. The lowest BCUT2D eigenvalue weighted by molar-refractivity contribution is -0.384. The van der Waals surface area contributed by atoms with E-state index in [-0.39, 0.29) is 10.7 Å². The third-order valence-corrected chi connectivity index (χ3v) is 4.07. The van der Waals surface area contributed by atoms with Crippen LogP contribution in [0.1, 0.15) is 19.4 Å². The average molecular weight is 298 g/mol. The Morgan fingerprint density at radius 1 is 1.30 bits per heavy atom. The van der Waals surface area contributed by atoms with Gasteiger partial charge in [-0.2, -0.15) is 0 Å². The predicted octanol–water partition coefficient (Wildman–Crippen LogP) is 2.77. The third-order valence-electron chi connectivity index (χ3n) is 3.75. The SMILES string of the molecule is CC(C)N1CCN(Cc2ccc(Cl)c([N+](=O)[O-])c2)CC1. The number of hydrogen-bond acceptors (Lipinski definition) is 4. The largest absolute Gasteiger partial charge is 0.298 e. The number of halogens is 1. The molecule has 0 N–H and O–H groups in total. The topological polar surface area (TPSA) is 49.6 Å². The summed E-state index contributed by atoms with van der Waals surface area (Å²) >= 11 is 5.83. The summed E-state index contributed by atoms with van der Waals surface area (Å²) in [5.74, 6) is 0. The first kappa shape index (κ1) is 15.2. The fraction of sp³-hybridized carbons (Fsp3) is 0.571. The summed E-state index contributed by atoms with van der Waals surface area (Å²) in [7, 11) is 0. The summed E-state index contributed by atoms with van der Waals surface area (Å²) in [6.45, 7) is 9.24. The van der Waals surface area contributed by atoms with Crippen LogP contribution in [0, 0.1) is 10.1 Å². The maximum absolute atomic E-state index is 10.9. The monoisotopic (exact) mass is 297 g/mol. The molecule has 0 bridgehead atoms. The second kappa shape index (κ2) is 6.52. The lowest BCUT2D eigenvalue weighted by atomic mass is 10.1. The minimum atomic E-state index is -0.428. The van der Waals surface area contributed by atoms with E-state index in [0.29, 0.717) is 6.04 Å². The molecule has 0 radical (unpaired) electrons. The van der Waals surface area contributed by atoms with Crippen LogP contribution in [0.5, 0.6) is 0 Å². The highest BCUT2D eigenvalue weighted by atomic mass is 35.5. The van der Waals surface area contributed by atoms with Gasteiger partial charge in [0.25, 0.3) is 5.69 Å². The molecule has 2 rings (SSSR count). The molecule has 0 aliphatic carbocycles. The van der Waals surface area contributed by atoms with Crippen LogP contribution in [0.3, 0.4) is 0 Å². The molecule has 1 heterocycles. The molecule has 1 aliphatic heterocycles. The van der Waals surface area contributed by atoms with Gasteiger partial charge in [0, 0.05) is 44.8 Å². The first-order valence-corrected chi connectivity index (χ1v) is 7.24. The van der Waals surface area contributed by atoms with Crippen molar-refractivity contribution in [3.05, 3.63) is 38.9 Å². The summed E-state index contributed by atoms with van der Waals surface area (Å²) in [6, 6.07) is 5.63. The van der Waals surface area contributed by atoms with Gasteiger partial charge in [-0.15, -0.1) is 0 Å². The van der Waals surface area contributed by atoms with E-state index in [1.807, 2.05) is 6.07 Å².